The minimum atomic E-state index is -0.776. The molecule has 0 saturated heterocycles. The number of nitrogens with zero attached hydrogens (tertiary/aromatic N) is 6. The summed E-state index contributed by atoms with van der Waals surface area (Å²) in [6.07, 6.45) is 4.05. The van der Waals surface area contributed by atoms with Crippen molar-refractivity contribution >= 4 is 27.3 Å². The van der Waals surface area contributed by atoms with Gasteiger partial charge < -0.3 is 14.4 Å². The molecule has 0 radical (unpaired) electrons. The molecule has 5 aromatic rings. The van der Waals surface area contributed by atoms with Crippen LogP contribution in [0.25, 0.3) is 43.9 Å². The van der Waals surface area contributed by atoms with Crippen molar-refractivity contribution in [1.82, 2.24) is 29.5 Å². The predicted molar refractivity (Wildman–Crippen MR) is 186 cm³/mol. The summed E-state index contributed by atoms with van der Waals surface area (Å²) in [5, 5.41) is 7.73. The molecule has 0 saturated carbocycles. The van der Waals surface area contributed by atoms with E-state index in [0.717, 1.165) is 58.2 Å². The van der Waals surface area contributed by atoms with Crippen LogP contribution < -0.4 is 4.74 Å². The van der Waals surface area contributed by atoms with Crippen LogP contribution in [0, 0.1) is 11.6 Å². The van der Waals surface area contributed by atoms with Crippen molar-refractivity contribution in [2.45, 2.75) is 52.4 Å². The van der Waals surface area contributed by atoms with E-state index >= 15 is 4.39 Å². The maximum Gasteiger partial charge on any atom is 0.246 e. The number of pyridine rings is 2. The molecule has 4 aromatic heterocycles. The summed E-state index contributed by atoms with van der Waals surface area (Å²) in [6.45, 7) is 13.0. The van der Waals surface area contributed by atoms with Gasteiger partial charge in [-0.3, -0.25) is 19.4 Å². The van der Waals surface area contributed by atoms with E-state index in [2.05, 4.69) is 31.4 Å². The average Bonchev–Trinajstić information content (AvgIpc) is 3.76. The lowest BCUT2D eigenvalue weighted by atomic mass is 9.95. The molecule has 0 spiro atoms. The maximum atomic E-state index is 16.1. The van der Waals surface area contributed by atoms with Crippen LogP contribution in [0.4, 0.5) is 8.78 Å². The zero-order valence-electron chi connectivity index (χ0n) is 28.0. The number of methoxy groups -OCH3 is 1. The van der Waals surface area contributed by atoms with E-state index in [-0.39, 0.29) is 36.5 Å². The lowest BCUT2D eigenvalue weighted by molar-refractivity contribution is -0.129. The second kappa shape index (κ2) is 13.4. The van der Waals surface area contributed by atoms with Gasteiger partial charge in [0.05, 0.1) is 36.1 Å². The van der Waals surface area contributed by atoms with Gasteiger partial charge >= 0.3 is 0 Å². The molecule has 9 nitrogen and oxygen atoms in total. The molecule has 6 heterocycles. The Labute approximate surface area is 287 Å². The monoisotopic (exact) mass is 684 g/mol. The minimum absolute atomic E-state index is 0.0457. The van der Waals surface area contributed by atoms with Crippen LogP contribution in [0.15, 0.2) is 54.6 Å². The van der Waals surface area contributed by atoms with E-state index in [1.807, 2.05) is 35.3 Å². The van der Waals surface area contributed by atoms with Gasteiger partial charge in [0.2, 0.25) is 5.91 Å². The molecule has 0 fully saturated rings. The summed E-state index contributed by atoms with van der Waals surface area (Å²) in [5.74, 6) is -1.65. The molecular formula is C37H38F2N6O3S. The molecule has 12 heteroatoms. The van der Waals surface area contributed by atoms with Gasteiger partial charge in [0.15, 0.2) is 0 Å². The van der Waals surface area contributed by atoms with Crippen molar-refractivity contribution in [3.63, 3.8) is 0 Å². The predicted octanol–water partition coefficient (Wildman–Crippen LogP) is 7.05. The summed E-state index contributed by atoms with van der Waals surface area (Å²) in [4.78, 5) is 27.0. The van der Waals surface area contributed by atoms with E-state index in [4.69, 9.17) is 24.5 Å². The highest BCUT2D eigenvalue weighted by atomic mass is 32.1. The lowest BCUT2D eigenvalue weighted by Gasteiger charge is -2.33. The molecule has 1 atom stereocenters. The van der Waals surface area contributed by atoms with Crippen molar-refractivity contribution in [3.05, 3.63) is 83.1 Å². The molecule has 1 unspecified atom stereocenters. The van der Waals surface area contributed by atoms with E-state index < -0.39 is 11.6 Å². The maximum absolute atomic E-state index is 16.1. The molecule has 0 N–H and O–H groups in total. The SMILES string of the molecule is C=CC(=O)N1CCn2nc(-c3nc(-c4cnc5c(c4)CN(C(C)C)CC5)c4ccsc4c3-c3c(F)cc(F)cc3OCCOC)cc2C1C. The highest BCUT2D eigenvalue weighted by Gasteiger charge is 2.32. The van der Waals surface area contributed by atoms with E-state index in [0.29, 0.717) is 41.8 Å². The molecule has 7 rings (SSSR count). The number of ether oxygens (including phenoxy) is 2. The van der Waals surface area contributed by atoms with Gasteiger partial charge in [-0.15, -0.1) is 11.3 Å². The fourth-order valence-electron chi connectivity index (χ4n) is 6.86. The number of carbonyl (C=O) groups excluding carboxylic acids is 1. The molecule has 1 aromatic carbocycles. The number of halogens is 2. The first-order chi connectivity index (χ1) is 23.7. The third kappa shape index (κ3) is 6.02. The van der Waals surface area contributed by atoms with Crippen LogP contribution in [0.3, 0.4) is 0 Å². The Morgan fingerprint density at radius 3 is 2.73 bits per heavy atom. The highest BCUT2D eigenvalue weighted by Crippen LogP contribution is 2.47. The quantitative estimate of drug-likeness (QED) is 0.122. The van der Waals surface area contributed by atoms with E-state index in [1.54, 1.807) is 4.90 Å². The third-order valence-electron chi connectivity index (χ3n) is 9.45. The van der Waals surface area contributed by atoms with Crippen molar-refractivity contribution in [3.8, 4) is 39.5 Å². The Morgan fingerprint density at radius 2 is 1.96 bits per heavy atom. The number of amides is 1. The Balaban J connectivity index is 1.46. The van der Waals surface area contributed by atoms with Crippen molar-refractivity contribution < 1.29 is 23.0 Å². The molecule has 0 bridgehead atoms. The number of hydrogen-bond donors (Lipinski definition) is 0. The third-order valence-corrected chi connectivity index (χ3v) is 10.4. The molecule has 49 heavy (non-hydrogen) atoms. The van der Waals surface area contributed by atoms with Gasteiger partial charge in [-0.1, -0.05) is 6.58 Å². The zero-order valence-corrected chi connectivity index (χ0v) is 28.8. The first-order valence-corrected chi connectivity index (χ1v) is 17.3. The Kier molecular flexibility index (Phi) is 9.03. The first kappa shape index (κ1) is 33.0. The number of benzene rings is 1. The summed E-state index contributed by atoms with van der Waals surface area (Å²) < 4.78 is 44.6. The van der Waals surface area contributed by atoms with Gasteiger partial charge in [-0.25, -0.2) is 13.8 Å². The fraction of sp³-hybridized carbons (Fsp3) is 0.351. The average molecular weight is 685 g/mol. The van der Waals surface area contributed by atoms with E-state index in [9.17, 15) is 9.18 Å². The van der Waals surface area contributed by atoms with Gasteiger partial charge in [0.25, 0.3) is 0 Å². The number of rotatable bonds is 9. The van der Waals surface area contributed by atoms with Crippen molar-refractivity contribution in [2.75, 3.05) is 33.4 Å². The molecule has 254 valence electrons. The Hall–Kier alpha value is -4.52. The Bertz CT molecular complexity index is 2070. The lowest BCUT2D eigenvalue weighted by Crippen LogP contribution is -2.40. The van der Waals surface area contributed by atoms with Crippen LogP contribution in [-0.2, 0) is 29.0 Å². The summed E-state index contributed by atoms with van der Waals surface area (Å²) in [6, 6.07) is 8.22. The number of aromatic nitrogens is 4. The summed E-state index contributed by atoms with van der Waals surface area (Å²) in [7, 11) is 1.54. The number of carbonyl (C=O) groups is 1. The second-order valence-corrected chi connectivity index (χ2v) is 13.6. The van der Waals surface area contributed by atoms with Crippen LogP contribution in [0.5, 0.6) is 5.75 Å². The van der Waals surface area contributed by atoms with Crippen LogP contribution in [0.1, 0.15) is 43.8 Å². The van der Waals surface area contributed by atoms with Gasteiger partial charge in [-0.05, 0) is 56.0 Å². The number of hydrogen-bond acceptors (Lipinski definition) is 8. The van der Waals surface area contributed by atoms with E-state index in [1.165, 1.54) is 30.6 Å². The molecular weight excluding hydrogens is 647 g/mol. The number of thiophene rings is 1. The summed E-state index contributed by atoms with van der Waals surface area (Å²) in [5.41, 5.74) is 6.07. The Morgan fingerprint density at radius 1 is 1.12 bits per heavy atom. The van der Waals surface area contributed by atoms with Gasteiger partial charge in [-0.2, -0.15) is 5.10 Å². The normalized spacial score (nSPS) is 16.2. The molecule has 0 aliphatic carbocycles. The van der Waals surface area contributed by atoms with Crippen molar-refractivity contribution in [2.24, 2.45) is 0 Å². The fourth-order valence-corrected chi connectivity index (χ4v) is 7.81. The molecule has 2 aliphatic heterocycles. The van der Waals surface area contributed by atoms with Crippen LogP contribution >= 0.6 is 11.3 Å². The van der Waals surface area contributed by atoms with Crippen LogP contribution in [0.2, 0.25) is 0 Å². The standard InChI is InChI=1S/C37H38F2N6O3S/c1-6-32(46)44-10-11-45-30(22(44)4)18-29(42-45)36-34(33-27(39)16-25(38)17-31(33)48-13-12-47-5)37-26(8-14-49-37)35(41-36)23-15-24-20-43(21(2)3)9-7-28(24)40-19-23/h6,8,14-19,21-22H,1,7,9-13,20H2,2-5H3. The van der Waals surface area contributed by atoms with Gasteiger partial charge in [0, 0.05) is 84.4 Å². The second-order valence-electron chi connectivity index (χ2n) is 12.7. The zero-order chi connectivity index (χ0) is 34.4. The van der Waals surface area contributed by atoms with Gasteiger partial charge in [0.1, 0.15) is 35.4 Å². The summed E-state index contributed by atoms with van der Waals surface area (Å²) >= 11 is 1.44. The smallest absolute Gasteiger partial charge is 0.246 e. The largest absolute Gasteiger partial charge is 0.490 e. The van der Waals surface area contributed by atoms with Crippen molar-refractivity contribution in [1.29, 1.82) is 0 Å². The topological polar surface area (TPSA) is 85.6 Å². The number of fused-ring (bicyclic) bond motifs is 3. The first-order valence-electron chi connectivity index (χ1n) is 16.4. The highest BCUT2D eigenvalue weighted by molar-refractivity contribution is 7.18. The minimum Gasteiger partial charge on any atom is -0.490 e. The molecule has 2 aliphatic rings. The van der Waals surface area contributed by atoms with Crippen LogP contribution in [-0.4, -0.2) is 74.9 Å². The molecule has 1 amide bonds.